The molecule has 0 aliphatic rings. The van der Waals surface area contributed by atoms with Gasteiger partial charge in [0.2, 0.25) is 5.91 Å². The number of amides is 1. The zero-order valence-corrected chi connectivity index (χ0v) is 11.9. The first-order valence-electron chi connectivity index (χ1n) is 6.10. The fraction of sp³-hybridized carbons (Fsp3) is 0.133. The van der Waals surface area contributed by atoms with Crippen LogP contribution in [0, 0.1) is 11.6 Å². The normalized spacial score (nSPS) is 10.1. The Labute approximate surface area is 127 Å². The summed E-state index contributed by atoms with van der Waals surface area (Å²) in [5.41, 5.74) is 6.33. The zero-order chi connectivity index (χ0) is 14.5. The number of carbonyl (C=O) groups is 1. The second-order valence-electron chi connectivity index (χ2n) is 4.31. The molecule has 0 aliphatic carbocycles. The highest BCUT2D eigenvalue weighted by Crippen LogP contribution is 2.23. The Kier molecular flexibility index (Phi) is 6.27. The number of halogens is 3. The molecule has 2 rings (SSSR count). The second-order valence-corrected chi connectivity index (χ2v) is 4.31. The van der Waals surface area contributed by atoms with Crippen molar-refractivity contribution in [2.45, 2.75) is 6.04 Å². The van der Waals surface area contributed by atoms with Crippen molar-refractivity contribution in [3.05, 3.63) is 71.3 Å². The molecule has 0 heterocycles. The highest BCUT2D eigenvalue weighted by atomic mass is 35.5. The van der Waals surface area contributed by atoms with Crippen molar-refractivity contribution < 1.29 is 13.6 Å². The molecule has 0 saturated carbocycles. The first-order chi connectivity index (χ1) is 9.60. The number of rotatable bonds is 4. The minimum atomic E-state index is -0.641. The van der Waals surface area contributed by atoms with Crippen molar-refractivity contribution in [2.24, 2.45) is 5.73 Å². The molecule has 0 bridgehead atoms. The van der Waals surface area contributed by atoms with Crippen LogP contribution in [0.2, 0.25) is 0 Å². The molecule has 0 saturated heterocycles. The van der Waals surface area contributed by atoms with Gasteiger partial charge in [0.15, 0.2) is 0 Å². The molecule has 0 unspecified atom stereocenters. The van der Waals surface area contributed by atoms with E-state index in [1.165, 1.54) is 36.4 Å². The summed E-state index contributed by atoms with van der Waals surface area (Å²) < 4.78 is 26.7. The van der Waals surface area contributed by atoms with Crippen molar-refractivity contribution in [3.63, 3.8) is 0 Å². The molecule has 6 heteroatoms. The van der Waals surface area contributed by atoms with Gasteiger partial charge in [0.05, 0.1) is 12.6 Å². The average Bonchev–Trinajstić information content (AvgIpc) is 2.44. The van der Waals surface area contributed by atoms with Crippen LogP contribution in [0.25, 0.3) is 0 Å². The zero-order valence-electron chi connectivity index (χ0n) is 11.1. The summed E-state index contributed by atoms with van der Waals surface area (Å²) in [6, 6.07) is 11.0. The molecule has 2 aromatic carbocycles. The minimum Gasteiger partial charge on any atom is -0.344 e. The maximum Gasteiger partial charge on any atom is 0.234 e. The van der Waals surface area contributed by atoms with Crippen LogP contribution in [-0.2, 0) is 4.79 Å². The van der Waals surface area contributed by atoms with Gasteiger partial charge >= 0.3 is 0 Å². The maximum atomic E-state index is 13.3. The minimum absolute atomic E-state index is 0. The van der Waals surface area contributed by atoms with E-state index in [1.54, 1.807) is 12.1 Å². The third-order valence-corrected chi connectivity index (χ3v) is 2.85. The highest BCUT2D eigenvalue weighted by Gasteiger charge is 2.17. The molecule has 2 aromatic rings. The van der Waals surface area contributed by atoms with E-state index >= 15 is 0 Å². The standard InChI is InChI=1S/C15H14F2N2O.ClH/c16-12-5-1-3-10(7-12)15(19-14(20)9-18)11-4-2-6-13(17)8-11;/h1-8,15H,9,18H2,(H,19,20);1H. The van der Waals surface area contributed by atoms with E-state index < -0.39 is 23.6 Å². The molecular weight excluding hydrogens is 298 g/mol. The largest absolute Gasteiger partial charge is 0.344 e. The van der Waals surface area contributed by atoms with E-state index in [2.05, 4.69) is 5.32 Å². The lowest BCUT2D eigenvalue weighted by molar-refractivity contribution is -0.120. The highest BCUT2D eigenvalue weighted by molar-refractivity contribution is 5.85. The summed E-state index contributed by atoms with van der Waals surface area (Å²) in [6.45, 7) is -0.193. The fourth-order valence-corrected chi connectivity index (χ4v) is 1.95. The Morgan fingerprint density at radius 1 is 1.05 bits per heavy atom. The molecule has 112 valence electrons. The molecule has 0 atom stereocenters. The smallest absolute Gasteiger partial charge is 0.234 e. The molecule has 1 amide bonds. The number of hydrogen-bond donors (Lipinski definition) is 2. The van der Waals surface area contributed by atoms with E-state index in [1.807, 2.05) is 0 Å². The van der Waals surface area contributed by atoms with E-state index in [0.717, 1.165) is 0 Å². The van der Waals surface area contributed by atoms with Gasteiger partial charge in [0, 0.05) is 0 Å². The van der Waals surface area contributed by atoms with Gasteiger partial charge in [-0.1, -0.05) is 24.3 Å². The van der Waals surface area contributed by atoms with Crippen molar-refractivity contribution >= 4 is 18.3 Å². The van der Waals surface area contributed by atoms with Crippen LogP contribution in [0.5, 0.6) is 0 Å². The van der Waals surface area contributed by atoms with Gasteiger partial charge in [-0.15, -0.1) is 12.4 Å². The van der Waals surface area contributed by atoms with E-state index in [0.29, 0.717) is 11.1 Å². The van der Waals surface area contributed by atoms with Gasteiger partial charge in [-0.3, -0.25) is 4.79 Å². The Morgan fingerprint density at radius 2 is 1.52 bits per heavy atom. The monoisotopic (exact) mass is 312 g/mol. The number of nitrogens with two attached hydrogens (primary N) is 1. The summed E-state index contributed by atoms with van der Waals surface area (Å²) in [5, 5.41) is 2.66. The summed E-state index contributed by atoms with van der Waals surface area (Å²) in [6.07, 6.45) is 0. The molecule has 3 nitrogen and oxygen atoms in total. The van der Waals surface area contributed by atoms with Gasteiger partial charge in [0.1, 0.15) is 11.6 Å². The van der Waals surface area contributed by atoms with Gasteiger partial charge in [-0.25, -0.2) is 8.78 Å². The van der Waals surface area contributed by atoms with Crippen molar-refractivity contribution in [1.82, 2.24) is 5.32 Å². The van der Waals surface area contributed by atoms with Crippen LogP contribution >= 0.6 is 12.4 Å². The second kappa shape index (κ2) is 7.71. The van der Waals surface area contributed by atoms with Crippen LogP contribution in [0.3, 0.4) is 0 Å². The summed E-state index contributed by atoms with van der Waals surface area (Å²) in [4.78, 5) is 11.5. The Hall–Kier alpha value is -1.98. The topological polar surface area (TPSA) is 55.1 Å². The predicted octanol–water partition coefficient (Wildman–Crippen LogP) is 2.55. The van der Waals surface area contributed by atoms with Crippen LogP contribution in [0.4, 0.5) is 8.78 Å². The number of hydrogen-bond acceptors (Lipinski definition) is 2. The lowest BCUT2D eigenvalue weighted by Crippen LogP contribution is -2.34. The molecule has 0 spiro atoms. The number of carbonyl (C=O) groups excluding carboxylic acids is 1. The van der Waals surface area contributed by atoms with E-state index in [-0.39, 0.29) is 19.0 Å². The molecule has 0 aliphatic heterocycles. The summed E-state index contributed by atoms with van der Waals surface area (Å²) in [5.74, 6) is -1.25. The van der Waals surface area contributed by atoms with Gasteiger partial charge in [-0.2, -0.15) is 0 Å². The lowest BCUT2D eigenvalue weighted by atomic mass is 9.98. The molecule has 21 heavy (non-hydrogen) atoms. The Bertz CT molecular complexity index is 577. The van der Waals surface area contributed by atoms with Crippen molar-refractivity contribution in [3.8, 4) is 0 Å². The SMILES string of the molecule is Cl.NCC(=O)NC(c1cccc(F)c1)c1cccc(F)c1. The van der Waals surface area contributed by atoms with Crippen LogP contribution < -0.4 is 11.1 Å². The third kappa shape index (κ3) is 4.51. The van der Waals surface area contributed by atoms with Crippen LogP contribution in [0.1, 0.15) is 17.2 Å². The molecule has 0 fully saturated rings. The van der Waals surface area contributed by atoms with E-state index in [9.17, 15) is 13.6 Å². The first-order valence-corrected chi connectivity index (χ1v) is 6.10. The van der Waals surface area contributed by atoms with Crippen molar-refractivity contribution in [1.29, 1.82) is 0 Å². The molecule has 0 aromatic heterocycles. The van der Waals surface area contributed by atoms with E-state index in [4.69, 9.17) is 5.73 Å². The predicted molar refractivity (Wildman–Crippen MR) is 79.1 cm³/mol. The van der Waals surface area contributed by atoms with Crippen molar-refractivity contribution in [2.75, 3.05) is 6.54 Å². The average molecular weight is 313 g/mol. The fourth-order valence-electron chi connectivity index (χ4n) is 1.95. The summed E-state index contributed by atoms with van der Waals surface area (Å²) >= 11 is 0. The molecular formula is C15H15ClF2N2O. The quantitative estimate of drug-likeness (QED) is 0.911. The summed E-state index contributed by atoms with van der Waals surface area (Å²) in [7, 11) is 0. The molecule has 0 radical (unpaired) electrons. The van der Waals surface area contributed by atoms with Gasteiger partial charge in [-0.05, 0) is 35.4 Å². The third-order valence-electron chi connectivity index (χ3n) is 2.85. The maximum absolute atomic E-state index is 13.3. The lowest BCUT2D eigenvalue weighted by Gasteiger charge is -2.19. The number of benzene rings is 2. The van der Waals surface area contributed by atoms with Crippen LogP contribution in [0.15, 0.2) is 48.5 Å². The number of nitrogens with one attached hydrogen (secondary N) is 1. The van der Waals surface area contributed by atoms with Crippen LogP contribution in [-0.4, -0.2) is 12.5 Å². The first kappa shape index (κ1) is 17.1. The Balaban J connectivity index is 0.00000220. The Morgan fingerprint density at radius 3 is 1.90 bits per heavy atom. The van der Waals surface area contributed by atoms with Gasteiger partial charge < -0.3 is 11.1 Å². The molecule has 3 N–H and O–H groups in total. The van der Waals surface area contributed by atoms with Gasteiger partial charge in [0.25, 0.3) is 0 Å².